The van der Waals surface area contributed by atoms with E-state index < -0.39 is 27.4 Å². The van der Waals surface area contributed by atoms with Gasteiger partial charge in [0.2, 0.25) is 0 Å². The van der Waals surface area contributed by atoms with Crippen LogP contribution >= 0.6 is 0 Å². The summed E-state index contributed by atoms with van der Waals surface area (Å²) in [5, 5.41) is 28.6. The van der Waals surface area contributed by atoms with Gasteiger partial charge in [-0.25, -0.2) is 4.79 Å². The Balaban J connectivity index is 0.000000224. The Bertz CT molecular complexity index is 640. The number of nitro benzene ring substituents is 2. The molecule has 1 N–H and O–H groups in total. The van der Waals surface area contributed by atoms with E-state index in [1.54, 1.807) is 30.3 Å². The molecule has 0 bridgehead atoms. The molecule has 9 heteroatoms. The van der Waals surface area contributed by atoms with E-state index in [-0.39, 0.29) is 0 Å². The van der Waals surface area contributed by atoms with Crippen molar-refractivity contribution in [2.75, 3.05) is 0 Å². The fourth-order valence-corrected chi connectivity index (χ4v) is 1.36. The summed E-state index contributed by atoms with van der Waals surface area (Å²) >= 11 is 0. The number of rotatable bonds is 3. The molecule has 0 fully saturated rings. The molecule has 0 unspecified atom stereocenters. The second kappa shape index (κ2) is 7.94. The molecule has 22 heavy (non-hydrogen) atoms. The SMILES string of the molecule is O=C(O)Oc1ccccc1.O=[N+]([O-])c1ccccc1[N+](=O)[O-]. The van der Waals surface area contributed by atoms with Gasteiger partial charge >= 0.3 is 17.5 Å². The van der Waals surface area contributed by atoms with Gasteiger partial charge in [-0.15, -0.1) is 0 Å². The highest BCUT2D eigenvalue weighted by Crippen LogP contribution is 2.24. The minimum absolute atomic E-state index is 0.343. The van der Waals surface area contributed by atoms with Gasteiger partial charge in [0.15, 0.2) is 0 Å². The first-order chi connectivity index (χ1) is 10.4. The van der Waals surface area contributed by atoms with E-state index in [1.807, 2.05) is 0 Å². The van der Waals surface area contributed by atoms with Crippen molar-refractivity contribution >= 4 is 17.5 Å². The van der Waals surface area contributed by atoms with Crippen molar-refractivity contribution in [3.8, 4) is 5.75 Å². The molecule has 114 valence electrons. The van der Waals surface area contributed by atoms with Gasteiger partial charge in [0.25, 0.3) is 0 Å². The molecule has 2 aromatic carbocycles. The van der Waals surface area contributed by atoms with Crippen LogP contribution in [-0.4, -0.2) is 21.1 Å². The van der Waals surface area contributed by atoms with Gasteiger partial charge in [-0.3, -0.25) is 20.2 Å². The molecule has 0 atom stereocenters. The third-order valence-electron chi connectivity index (χ3n) is 2.22. The predicted molar refractivity (Wildman–Crippen MR) is 74.8 cm³/mol. The van der Waals surface area contributed by atoms with Gasteiger partial charge < -0.3 is 9.84 Å². The van der Waals surface area contributed by atoms with Crippen LogP contribution in [0.15, 0.2) is 54.6 Å². The minimum Gasteiger partial charge on any atom is -0.449 e. The lowest BCUT2D eigenvalue weighted by Gasteiger charge is -1.95. The summed E-state index contributed by atoms with van der Waals surface area (Å²) in [5.74, 6) is 0.343. The van der Waals surface area contributed by atoms with Gasteiger partial charge in [-0.05, 0) is 12.1 Å². The number of benzene rings is 2. The lowest BCUT2D eigenvalue weighted by Crippen LogP contribution is -2.02. The van der Waals surface area contributed by atoms with E-state index in [2.05, 4.69) is 4.74 Å². The quantitative estimate of drug-likeness (QED) is 0.398. The number of ether oxygens (including phenoxy) is 1. The zero-order valence-corrected chi connectivity index (χ0v) is 11.0. The molecule has 0 saturated heterocycles. The van der Waals surface area contributed by atoms with Gasteiger partial charge in [-0.2, -0.15) is 0 Å². The number of carboxylic acid groups (broad SMARTS) is 1. The Morgan fingerprint density at radius 3 is 1.64 bits per heavy atom. The molecule has 0 spiro atoms. The Hall–Kier alpha value is -3.49. The van der Waals surface area contributed by atoms with Crippen molar-refractivity contribution in [1.29, 1.82) is 0 Å². The second-order valence-corrected chi connectivity index (χ2v) is 3.68. The van der Waals surface area contributed by atoms with Crippen LogP contribution in [0.3, 0.4) is 0 Å². The Morgan fingerprint density at radius 1 is 0.864 bits per heavy atom. The van der Waals surface area contributed by atoms with Crippen molar-refractivity contribution in [3.63, 3.8) is 0 Å². The predicted octanol–water partition coefficient (Wildman–Crippen LogP) is 3.25. The standard InChI is InChI=1S/C7H6O3.C6H4N2O4/c8-7(9)10-6-4-2-1-3-5-6;9-7(10)5-3-1-2-4-6(5)8(11)12/h1-5H,(H,8,9);1-4H. The van der Waals surface area contributed by atoms with Crippen LogP contribution in [0.4, 0.5) is 16.2 Å². The van der Waals surface area contributed by atoms with Gasteiger partial charge in [0, 0.05) is 12.1 Å². The van der Waals surface area contributed by atoms with E-state index in [9.17, 15) is 25.0 Å². The van der Waals surface area contributed by atoms with E-state index in [4.69, 9.17) is 5.11 Å². The van der Waals surface area contributed by atoms with Crippen LogP contribution in [0.5, 0.6) is 5.75 Å². The van der Waals surface area contributed by atoms with Crippen LogP contribution in [-0.2, 0) is 0 Å². The van der Waals surface area contributed by atoms with Crippen molar-refractivity contribution in [1.82, 2.24) is 0 Å². The topological polar surface area (TPSA) is 133 Å². The fraction of sp³-hybridized carbons (Fsp3) is 0. The molecule has 0 aliphatic heterocycles. The number of hydrogen-bond acceptors (Lipinski definition) is 6. The normalized spacial score (nSPS) is 9.09. The fourth-order valence-electron chi connectivity index (χ4n) is 1.36. The summed E-state index contributed by atoms with van der Waals surface area (Å²) < 4.78 is 4.33. The zero-order chi connectivity index (χ0) is 16.5. The molecule has 0 aromatic heterocycles. The molecule has 0 saturated carbocycles. The third-order valence-corrected chi connectivity index (χ3v) is 2.22. The number of hydrogen-bond donors (Lipinski definition) is 1. The molecule has 2 aromatic rings. The average molecular weight is 306 g/mol. The molecule has 0 radical (unpaired) electrons. The summed E-state index contributed by atoms with van der Waals surface area (Å²) in [4.78, 5) is 28.8. The van der Waals surface area contributed by atoms with Crippen molar-refractivity contribution in [2.45, 2.75) is 0 Å². The van der Waals surface area contributed by atoms with E-state index in [0.717, 1.165) is 12.1 Å². The molecule has 2 rings (SSSR count). The highest BCUT2D eigenvalue weighted by atomic mass is 16.7. The van der Waals surface area contributed by atoms with Gasteiger partial charge in [0.1, 0.15) is 5.75 Å². The highest BCUT2D eigenvalue weighted by Gasteiger charge is 2.21. The van der Waals surface area contributed by atoms with Crippen molar-refractivity contribution in [3.05, 3.63) is 74.8 Å². The Kier molecular flexibility index (Phi) is 5.98. The Morgan fingerprint density at radius 2 is 1.27 bits per heavy atom. The number of nitrogens with zero attached hydrogens (tertiary/aromatic N) is 2. The number of nitro groups is 2. The largest absolute Gasteiger partial charge is 0.511 e. The van der Waals surface area contributed by atoms with Crippen LogP contribution in [0, 0.1) is 20.2 Å². The maximum Gasteiger partial charge on any atom is 0.511 e. The van der Waals surface area contributed by atoms with E-state index in [1.165, 1.54) is 12.1 Å². The van der Waals surface area contributed by atoms with Gasteiger partial charge in [-0.1, -0.05) is 30.3 Å². The first kappa shape index (κ1) is 16.6. The van der Waals surface area contributed by atoms with Crippen LogP contribution in [0.25, 0.3) is 0 Å². The monoisotopic (exact) mass is 306 g/mol. The molecular weight excluding hydrogens is 296 g/mol. The van der Waals surface area contributed by atoms with Crippen LogP contribution < -0.4 is 4.74 Å². The summed E-state index contributed by atoms with van der Waals surface area (Å²) in [5.41, 5.74) is -0.968. The summed E-state index contributed by atoms with van der Waals surface area (Å²) in [7, 11) is 0. The first-order valence-electron chi connectivity index (χ1n) is 5.75. The van der Waals surface area contributed by atoms with Crippen molar-refractivity contribution in [2.24, 2.45) is 0 Å². The van der Waals surface area contributed by atoms with Crippen LogP contribution in [0.1, 0.15) is 0 Å². The van der Waals surface area contributed by atoms with E-state index >= 15 is 0 Å². The number of para-hydroxylation sites is 3. The molecule has 0 aliphatic rings. The molecule has 0 aliphatic carbocycles. The zero-order valence-electron chi connectivity index (χ0n) is 11.0. The average Bonchev–Trinajstić information content (AvgIpc) is 2.48. The van der Waals surface area contributed by atoms with Gasteiger partial charge in [0.05, 0.1) is 9.85 Å². The Labute approximate surface area is 123 Å². The minimum atomic E-state index is -1.29. The van der Waals surface area contributed by atoms with E-state index in [0.29, 0.717) is 5.75 Å². The summed E-state index contributed by atoms with van der Waals surface area (Å²) in [6, 6.07) is 13.3. The lowest BCUT2D eigenvalue weighted by atomic mass is 10.3. The number of carbonyl (C=O) groups is 1. The maximum absolute atomic E-state index is 10.2. The highest BCUT2D eigenvalue weighted by molar-refractivity contribution is 5.60. The molecule has 0 amide bonds. The maximum atomic E-state index is 10.2. The summed E-state index contributed by atoms with van der Waals surface area (Å²) in [6.07, 6.45) is -1.29. The smallest absolute Gasteiger partial charge is 0.449 e. The molecular formula is C13H10N2O7. The first-order valence-corrected chi connectivity index (χ1v) is 5.75. The summed E-state index contributed by atoms with van der Waals surface area (Å²) in [6.45, 7) is 0. The third kappa shape index (κ3) is 5.25. The molecule has 9 nitrogen and oxygen atoms in total. The van der Waals surface area contributed by atoms with Crippen molar-refractivity contribution < 1.29 is 24.5 Å². The van der Waals surface area contributed by atoms with Crippen LogP contribution in [0.2, 0.25) is 0 Å². The lowest BCUT2D eigenvalue weighted by molar-refractivity contribution is -0.422. The second-order valence-electron chi connectivity index (χ2n) is 3.68. The molecule has 0 heterocycles.